The maximum Gasteiger partial charge on any atom is 0.303 e. The first kappa shape index (κ1) is 31.4. The molecule has 0 fully saturated rings. The summed E-state index contributed by atoms with van der Waals surface area (Å²) in [4.78, 5) is 33.5. The van der Waals surface area contributed by atoms with Crippen molar-refractivity contribution in [3.63, 3.8) is 0 Å². The van der Waals surface area contributed by atoms with Crippen molar-refractivity contribution >= 4 is 39.0 Å². The van der Waals surface area contributed by atoms with Crippen molar-refractivity contribution < 1.29 is 19.5 Å². The van der Waals surface area contributed by atoms with Gasteiger partial charge in [-0.3, -0.25) is 19.5 Å². The molecule has 0 spiro atoms. The Bertz CT molecular complexity index is 495. The molecule has 3 N–H and O–H groups in total. The van der Waals surface area contributed by atoms with Crippen LogP contribution in [0.1, 0.15) is 122 Å². The number of unbranched alkanes of at least 4 members (excludes halogenated alkanes) is 14. The van der Waals surface area contributed by atoms with Gasteiger partial charge in [-0.25, -0.2) is 0 Å². The van der Waals surface area contributed by atoms with Gasteiger partial charge in [-0.15, -0.1) is 12.6 Å². The number of carbonyl (C=O) groups excluding carboxylic acids is 2. The Morgan fingerprint density at radius 1 is 0.688 bits per heavy atom. The first-order chi connectivity index (χ1) is 15.5. The SMILES string of the molecule is O=C(O)CCCCCCCCCCCCCCCCC(=O)NCCCCC(NP)C(=O)S. The Morgan fingerprint density at radius 3 is 1.53 bits per heavy atom. The number of nitrogens with one attached hydrogen (secondary N) is 2. The van der Waals surface area contributed by atoms with E-state index in [0.717, 1.165) is 44.9 Å². The first-order valence-corrected chi connectivity index (χ1v) is 13.7. The Kier molecular flexibility index (Phi) is 23.0. The van der Waals surface area contributed by atoms with Crippen molar-refractivity contribution in [1.82, 2.24) is 10.4 Å². The van der Waals surface area contributed by atoms with E-state index in [2.05, 4.69) is 32.4 Å². The minimum atomic E-state index is -0.680. The van der Waals surface area contributed by atoms with Crippen LogP contribution < -0.4 is 10.4 Å². The number of aliphatic carboxylic acids is 1. The standard InChI is InChI=1S/C24H47N2O4PS/c27-22(25-20-16-15-17-21(26-31)24(30)32)18-13-11-9-7-5-3-1-2-4-6-8-10-12-14-19-23(28)29/h21,26H,1-20,31H2,(H,25,27)(H,28,29)(H,30,32). The van der Waals surface area contributed by atoms with Crippen molar-refractivity contribution in [2.45, 2.75) is 128 Å². The monoisotopic (exact) mass is 490 g/mol. The van der Waals surface area contributed by atoms with Crippen molar-refractivity contribution in [3.05, 3.63) is 0 Å². The number of hydrogen-bond acceptors (Lipinski definition) is 4. The second-order valence-electron chi connectivity index (χ2n) is 8.75. The molecule has 2 atom stereocenters. The number of amides is 1. The summed E-state index contributed by atoms with van der Waals surface area (Å²) in [5, 5.41) is 14.3. The number of carboxylic acids is 1. The Labute approximate surface area is 203 Å². The van der Waals surface area contributed by atoms with Gasteiger partial charge in [0.2, 0.25) is 11.0 Å². The molecule has 2 unspecified atom stereocenters. The molecule has 0 heterocycles. The van der Waals surface area contributed by atoms with Gasteiger partial charge in [-0.05, 0) is 32.1 Å². The van der Waals surface area contributed by atoms with Crippen LogP contribution in [0.3, 0.4) is 0 Å². The molecule has 0 rings (SSSR count). The molecule has 1 amide bonds. The van der Waals surface area contributed by atoms with E-state index in [9.17, 15) is 14.4 Å². The average molecular weight is 491 g/mol. The van der Waals surface area contributed by atoms with Crippen LogP contribution in [0.15, 0.2) is 0 Å². The smallest absolute Gasteiger partial charge is 0.303 e. The molecular formula is C24H47N2O4PS. The van der Waals surface area contributed by atoms with Gasteiger partial charge in [0.15, 0.2) is 0 Å². The zero-order chi connectivity index (χ0) is 23.9. The van der Waals surface area contributed by atoms with Crippen LogP contribution in [0.4, 0.5) is 0 Å². The summed E-state index contributed by atoms with van der Waals surface area (Å²) in [6.45, 7) is 0.674. The highest BCUT2D eigenvalue weighted by Crippen LogP contribution is 2.14. The van der Waals surface area contributed by atoms with E-state index in [1.807, 2.05) is 0 Å². The second-order valence-corrected chi connectivity index (χ2v) is 9.52. The number of carbonyl (C=O) groups is 3. The third-order valence-corrected chi connectivity index (χ3v) is 6.50. The second kappa shape index (κ2) is 23.5. The minimum Gasteiger partial charge on any atom is -0.481 e. The quantitative estimate of drug-likeness (QED) is 0.0779. The van der Waals surface area contributed by atoms with E-state index < -0.39 is 5.97 Å². The van der Waals surface area contributed by atoms with Gasteiger partial charge in [0.1, 0.15) is 0 Å². The van der Waals surface area contributed by atoms with Gasteiger partial charge < -0.3 is 10.4 Å². The molecule has 6 nitrogen and oxygen atoms in total. The zero-order valence-electron chi connectivity index (χ0n) is 19.9. The fourth-order valence-corrected chi connectivity index (χ4v) is 4.41. The van der Waals surface area contributed by atoms with Crippen LogP contribution in [0, 0.1) is 0 Å². The molecule has 8 heteroatoms. The van der Waals surface area contributed by atoms with Gasteiger partial charge in [-0.1, -0.05) is 86.4 Å². The van der Waals surface area contributed by atoms with Crippen molar-refractivity contribution in [1.29, 1.82) is 0 Å². The van der Waals surface area contributed by atoms with Gasteiger partial charge in [0.25, 0.3) is 0 Å². The fourth-order valence-electron chi connectivity index (χ4n) is 3.75. The van der Waals surface area contributed by atoms with Crippen LogP contribution in [0.5, 0.6) is 0 Å². The molecule has 0 aromatic rings. The Morgan fingerprint density at radius 2 is 1.12 bits per heavy atom. The van der Waals surface area contributed by atoms with E-state index in [1.165, 1.54) is 64.2 Å². The van der Waals surface area contributed by atoms with Crippen LogP contribution >= 0.6 is 22.0 Å². The highest BCUT2D eigenvalue weighted by Gasteiger charge is 2.11. The van der Waals surface area contributed by atoms with Gasteiger partial charge in [-0.2, -0.15) is 0 Å². The molecule has 0 aromatic carbocycles. The predicted octanol–water partition coefficient (Wildman–Crippen LogP) is 5.80. The Hall–Kier alpha value is -0.650. The van der Waals surface area contributed by atoms with E-state index in [1.54, 1.807) is 0 Å². The number of carboxylic acid groups (broad SMARTS) is 1. The molecular weight excluding hydrogens is 443 g/mol. The summed E-state index contributed by atoms with van der Waals surface area (Å²) in [6, 6.07) is -0.230. The Balaban J connectivity index is 3.26. The summed E-state index contributed by atoms with van der Waals surface area (Å²) in [6.07, 6.45) is 20.1. The van der Waals surface area contributed by atoms with Crippen molar-refractivity contribution in [2.75, 3.05) is 6.54 Å². The lowest BCUT2D eigenvalue weighted by atomic mass is 10.0. The lowest BCUT2D eigenvalue weighted by Gasteiger charge is -2.11. The summed E-state index contributed by atoms with van der Waals surface area (Å²) >= 11 is 3.84. The van der Waals surface area contributed by atoms with Crippen LogP contribution in [-0.2, 0) is 14.4 Å². The van der Waals surface area contributed by atoms with Gasteiger partial charge in [0, 0.05) is 19.4 Å². The number of rotatable bonds is 24. The summed E-state index contributed by atoms with van der Waals surface area (Å²) in [5.41, 5.74) is 0. The van der Waals surface area contributed by atoms with Gasteiger partial charge >= 0.3 is 5.97 Å². The maximum atomic E-state index is 11.8. The van der Waals surface area contributed by atoms with Crippen LogP contribution in [0.25, 0.3) is 0 Å². The maximum absolute atomic E-state index is 11.8. The molecule has 0 radical (unpaired) electrons. The lowest BCUT2D eigenvalue weighted by molar-refractivity contribution is -0.137. The number of hydrogen-bond donors (Lipinski definition) is 4. The molecule has 0 saturated heterocycles. The zero-order valence-corrected chi connectivity index (χ0v) is 22.0. The lowest BCUT2D eigenvalue weighted by Crippen LogP contribution is -2.28. The first-order valence-electron chi connectivity index (χ1n) is 12.6. The van der Waals surface area contributed by atoms with Crippen LogP contribution in [0.2, 0.25) is 0 Å². The molecule has 0 aliphatic rings. The van der Waals surface area contributed by atoms with Crippen LogP contribution in [-0.4, -0.2) is 34.7 Å². The molecule has 188 valence electrons. The summed E-state index contributed by atoms with van der Waals surface area (Å²) in [7, 11) is 2.35. The minimum absolute atomic E-state index is 0.137. The molecule has 32 heavy (non-hydrogen) atoms. The highest BCUT2D eigenvalue weighted by molar-refractivity contribution is 7.96. The summed E-state index contributed by atoms with van der Waals surface area (Å²) in [5.74, 6) is -0.543. The topological polar surface area (TPSA) is 95.5 Å². The van der Waals surface area contributed by atoms with E-state index in [-0.39, 0.29) is 17.1 Å². The van der Waals surface area contributed by atoms with E-state index in [4.69, 9.17) is 5.11 Å². The number of thiol groups is 1. The summed E-state index contributed by atoms with van der Waals surface area (Å²) < 4.78 is 0. The van der Waals surface area contributed by atoms with Gasteiger partial charge in [0.05, 0.1) is 6.04 Å². The molecule has 0 saturated carbocycles. The molecule has 0 bridgehead atoms. The normalized spacial score (nSPS) is 11.9. The third kappa shape index (κ3) is 22.5. The van der Waals surface area contributed by atoms with E-state index >= 15 is 0 Å². The fraction of sp³-hybridized carbons (Fsp3) is 0.875. The predicted molar refractivity (Wildman–Crippen MR) is 139 cm³/mol. The van der Waals surface area contributed by atoms with Crippen molar-refractivity contribution in [3.8, 4) is 0 Å². The molecule has 0 aliphatic heterocycles. The van der Waals surface area contributed by atoms with Crippen molar-refractivity contribution in [2.24, 2.45) is 0 Å². The van der Waals surface area contributed by atoms with E-state index in [0.29, 0.717) is 19.4 Å². The average Bonchev–Trinajstić information content (AvgIpc) is 2.75. The third-order valence-electron chi connectivity index (χ3n) is 5.79. The molecule has 0 aliphatic carbocycles. The molecule has 0 aromatic heterocycles. The largest absolute Gasteiger partial charge is 0.481 e. The highest BCUT2D eigenvalue weighted by atomic mass is 32.1.